The quantitative estimate of drug-likeness (QED) is 0.811. The average Bonchev–Trinajstić information content (AvgIpc) is 3.25. The molecule has 0 aliphatic carbocycles. The molecule has 2 N–H and O–H groups in total. The average molecular weight is 383 g/mol. The van der Waals surface area contributed by atoms with E-state index in [1.165, 1.54) is 18.3 Å². The van der Waals surface area contributed by atoms with Gasteiger partial charge in [-0.05, 0) is 31.9 Å². The molecule has 3 aliphatic rings. The largest absolute Gasteiger partial charge is 0.353 e. The molecule has 27 heavy (non-hydrogen) atoms. The monoisotopic (exact) mass is 383 g/mol. The fourth-order valence-corrected chi connectivity index (χ4v) is 4.48. The van der Waals surface area contributed by atoms with Gasteiger partial charge in [-0.25, -0.2) is 23.6 Å². The highest BCUT2D eigenvalue weighted by molar-refractivity contribution is 5.82. The summed E-state index contributed by atoms with van der Waals surface area (Å²) in [6.45, 7) is 2.27. The van der Waals surface area contributed by atoms with E-state index in [1.54, 1.807) is 9.80 Å². The van der Waals surface area contributed by atoms with Gasteiger partial charge in [-0.3, -0.25) is 10.2 Å². The number of carbonyl (C=O) groups is 1. The summed E-state index contributed by atoms with van der Waals surface area (Å²) in [6, 6.07) is 2.52. The van der Waals surface area contributed by atoms with Crippen LogP contribution in [0.5, 0.6) is 0 Å². The number of halogens is 3. The first-order chi connectivity index (χ1) is 12.8. The number of aromatic nitrogens is 1. The molecule has 1 spiro atoms. The van der Waals surface area contributed by atoms with Crippen molar-refractivity contribution >= 4 is 11.7 Å². The van der Waals surface area contributed by atoms with Crippen LogP contribution in [0, 0.1) is 11.2 Å². The van der Waals surface area contributed by atoms with Gasteiger partial charge in [0.2, 0.25) is 5.91 Å². The Labute approximate surface area is 156 Å². The van der Waals surface area contributed by atoms with E-state index in [-0.39, 0.29) is 50.2 Å². The molecule has 4 rings (SSSR count). The summed E-state index contributed by atoms with van der Waals surface area (Å²) >= 11 is 0. The number of amides is 1. The van der Waals surface area contributed by atoms with Crippen LogP contribution in [0.15, 0.2) is 18.3 Å². The van der Waals surface area contributed by atoms with E-state index >= 15 is 0 Å². The topological polar surface area (TPSA) is 60.5 Å². The Kier molecular flexibility index (Phi) is 4.54. The molecule has 3 unspecified atom stereocenters. The van der Waals surface area contributed by atoms with Crippen LogP contribution >= 0.6 is 0 Å². The van der Waals surface area contributed by atoms with E-state index in [1.807, 2.05) is 6.92 Å². The molecule has 0 aromatic carbocycles. The van der Waals surface area contributed by atoms with Crippen molar-refractivity contribution in [3.63, 3.8) is 0 Å². The van der Waals surface area contributed by atoms with Crippen molar-refractivity contribution in [3.05, 3.63) is 24.1 Å². The Morgan fingerprint density at radius 2 is 2.07 bits per heavy atom. The molecule has 6 nitrogen and oxygen atoms in total. The second kappa shape index (κ2) is 6.63. The molecule has 1 amide bonds. The number of piperidine rings is 1. The maximum Gasteiger partial charge on any atom is 0.258 e. The van der Waals surface area contributed by atoms with Gasteiger partial charge >= 0.3 is 0 Å². The molecule has 0 saturated carbocycles. The first-order valence-corrected chi connectivity index (χ1v) is 9.34. The predicted octanol–water partition coefficient (Wildman–Crippen LogP) is 1.54. The van der Waals surface area contributed by atoms with Crippen molar-refractivity contribution in [2.24, 2.45) is 5.41 Å². The van der Waals surface area contributed by atoms with E-state index in [0.29, 0.717) is 13.0 Å². The Morgan fingerprint density at radius 3 is 2.78 bits per heavy atom. The Bertz CT molecular complexity index is 733. The molecule has 9 heteroatoms. The number of hydrazine groups is 1. The number of nitrogens with zero attached hydrogens (tertiary/aromatic N) is 3. The summed E-state index contributed by atoms with van der Waals surface area (Å²) in [5, 5.41) is 0. The number of alkyl halides is 2. The molecular formula is C18H24F3N5O. The molecule has 1 aromatic rings. The lowest BCUT2D eigenvalue weighted by atomic mass is 9.75. The van der Waals surface area contributed by atoms with Crippen LogP contribution < -0.4 is 15.8 Å². The highest BCUT2D eigenvalue weighted by Gasteiger charge is 2.60. The van der Waals surface area contributed by atoms with E-state index in [4.69, 9.17) is 0 Å². The minimum atomic E-state index is -2.90. The molecule has 3 saturated heterocycles. The maximum atomic E-state index is 14.9. The second-order valence-electron chi connectivity index (χ2n) is 7.95. The van der Waals surface area contributed by atoms with Crippen LogP contribution in [0.25, 0.3) is 0 Å². The number of hydrogen-bond donors (Lipinski definition) is 2. The van der Waals surface area contributed by atoms with Gasteiger partial charge in [0, 0.05) is 44.8 Å². The Morgan fingerprint density at radius 1 is 1.26 bits per heavy atom. The Balaban J connectivity index is 1.53. The molecular weight excluding hydrogens is 359 g/mol. The van der Waals surface area contributed by atoms with Crippen LogP contribution in [0.1, 0.15) is 26.2 Å². The van der Waals surface area contributed by atoms with Gasteiger partial charge in [0.05, 0.1) is 5.41 Å². The first kappa shape index (κ1) is 18.5. The maximum absolute atomic E-state index is 14.9. The minimum Gasteiger partial charge on any atom is -0.353 e. The predicted molar refractivity (Wildman–Crippen MR) is 93.7 cm³/mol. The van der Waals surface area contributed by atoms with Crippen molar-refractivity contribution in [1.82, 2.24) is 20.7 Å². The SMILES string of the molecule is CC1CC(C(=O)N2CCC(F)(F)C3(CCN(c4ncccc4F)C3)C2)NN1. The summed E-state index contributed by atoms with van der Waals surface area (Å²) in [7, 11) is 0. The lowest BCUT2D eigenvalue weighted by Gasteiger charge is -2.46. The normalized spacial score (nSPS) is 33.0. The summed E-state index contributed by atoms with van der Waals surface area (Å²) in [4.78, 5) is 19.9. The third kappa shape index (κ3) is 3.16. The zero-order chi connectivity index (χ0) is 19.2. The van der Waals surface area contributed by atoms with Gasteiger partial charge in [-0.2, -0.15) is 0 Å². The number of rotatable bonds is 2. The zero-order valence-corrected chi connectivity index (χ0v) is 15.2. The van der Waals surface area contributed by atoms with Crippen molar-refractivity contribution in [3.8, 4) is 0 Å². The molecule has 3 aliphatic heterocycles. The van der Waals surface area contributed by atoms with E-state index in [2.05, 4.69) is 15.8 Å². The third-order valence-electron chi connectivity index (χ3n) is 6.06. The number of nitrogens with one attached hydrogen (secondary N) is 2. The standard InChI is InChI=1S/C18H24F3N5O/c1-12-9-14(24-23-12)16(27)26-8-5-18(20,21)17(11-26)4-7-25(10-17)15-13(19)3-2-6-22-15/h2-3,6,12,14,23-24H,4-5,7-11H2,1H3. The number of hydrogen-bond acceptors (Lipinski definition) is 5. The highest BCUT2D eigenvalue weighted by Crippen LogP contribution is 2.50. The van der Waals surface area contributed by atoms with Crippen LogP contribution in [0.2, 0.25) is 0 Å². The lowest BCUT2D eigenvalue weighted by molar-refractivity contribution is -0.169. The van der Waals surface area contributed by atoms with E-state index in [0.717, 1.165) is 0 Å². The smallest absolute Gasteiger partial charge is 0.258 e. The van der Waals surface area contributed by atoms with E-state index in [9.17, 15) is 18.0 Å². The number of anilines is 1. The van der Waals surface area contributed by atoms with Crippen LogP contribution in [0.3, 0.4) is 0 Å². The summed E-state index contributed by atoms with van der Waals surface area (Å²) in [5.41, 5.74) is 4.57. The lowest BCUT2D eigenvalue weighted by Crippen LogP contribution is -2.60. The molecule has 0 bridgehead atoms. The highest BCUT2D eigenvalue weighted by atomic mass is 19.3. The first-order valence-electron chi connectivity index (χ1n) is 9.34. The van der Waals surface area contributed by atoms with Crippen LogP contribution in [0.4, 0.5) is 19.0 Å². The second-order valence-corrected chi connectivity index (χ2v) is 7.95. The fraction of sp³-hybridized carbons (Fsp3) is 0.667. The molecule has 0 radical (unpaired) electrons. The van der Waals surface area contributed by atoms with Gasteiger partial charge in [-0.15, -0.1) is 0 Å². The number of pyridine rings is 1. The van der Waals surface area contributed by atoms with Gasteiger partial charge in [0.25, 0.3) is 5.92 Å². The minimum absolute atomic E-state index is 0.00946. The van der Waals surface area contributed by atoms with Gasteiger partial charge in [-0.1, -0.05) is 0 Å². The summed E-state index contributed by atoms with van der Waals surface area (Å²) < 4.78 is 43.9. The van der Waals surface area contributed by atoms with Crippen molar-refractivity contribution in [2.75, 3.05) is 31.1 Å². The van der Waals surface area contributed by atoms with Gasteiger partial charge < -0.3 is 9.80 Å². The number of carbonyl (C=O) groups excluding carboxylic acids is 1. The van der Waals surface area contributed by atoms with E-state index < -0.39 is 23.2 Å². The van der Waals surface area contributed by atoms with Gasteiger partial charge in [0.15, 0.2) is 11.6 Å². The van der Waals surface area contributed by atoms with Crippen molar-refractivity contribution in [2.45, 2.75) is 44.2 Å². The zero-order valence-electron chi connectivity index (χ0n) is 15.2. The van der Waals surface area contributed by atoms with Crippen LogP contribution in [-0.4, -0.2) is 60.0 Å². The molecule has 3 atom stereocenters. The Hall–Kier alpha value is -1.87. The van der Waals surface area contributed by atoms with Gasteiger partial charge in [0.1, 0.15) is 6.04 Å². The summed E-state index contributed by atoms with van der Waals surface area (Å²) in [6.07, 6.45) is 1.92. The molecule has 4 heterocycles. The van der Waals surface area contributed by atoms with Crippen molar-refractivity contribution in [1.29, 1.82) is 0 Å². The number of likely N-dealkylation sites (tertiary alicyclic amines) is 1. The fourth-order valence-electron chi connectivity index (χ4n) is 4.48. The third-order valence-corrected chi connectivity index (χ3v) is 6.06. The van der Waals surface area contributed by atoms with Crippen LogP contribution in [-0.2, 0) is 4.79 Å². The molecule has 1 aromatic heterocycles. The van der Waals surface area contributed by atoms with Crippen molar-refractivity contribution < 1.29 is 18.0 Å². The summed E-state index contributed by atoms with van der Waals surface area (Å²) in [5.74, 6) is -3.47. The molecule has 3 fully saturated rings. The molecule has 148 valence electrons.